The highest BCUT2D eigenvalue weighted by atomic mass is 35.5. The summed E-state index contributed by atoms with van der Waals surface area (Å²) in [6.07, 6.45) is 0.723. The molecule has 3 aromatic rings. The largest absolute Gasteiger partial charge is 0.343 e. The second-order valence-corrected chi connectivity index (χ2v) is 8.54. The number of hydrogen-bond acceptors (Lipinski definition) is 2. The van der Waals surface area contributed by atoms with Gasteiger partial charge in [0.25, 0.3) is 5.91 Å². The Morgan fingerprint density at radius 3 is 1.88 bits per heavy atom. The summed E-state index contributed by atoms with van der Waals surface area (Å²) in [5.74, 6) is -0.695. The number of halogens is 2. The van der Waals surface area contributed by atoms with Crippen LogP contribution in [0.4, 0.5) is 0 Å². The number of benzene rings is 3. The maximum Gasteiger partial charge on any atom is 0.251 e. The van der Waals surface area contributed by atoms with Gasteiger partial charge in [-0.15, -0.1) is 0 Å². The van der Waals surface area contributed by atoms with Gasteiger partial charge in [0, 0.05) is 5.56 Å². The molecule has 0 aliphatic rings. The molecule has 0 aliphatic carbocycles. The summed E-state index contributed by atoms with van der Waals surface area (Å²) in [7, 11) is 0. The highest BCUT2D eigenvalue weighted by molar-refractivity contribution is 6.42. The lowest BCUT2D eigenvalue weighted by Crippen LogP contribution is -2.51. The first kappa shape index (κ1) is 23.8. The lowest BCUT2D eigenvalue weighted by Gasteiger charge is -2.27. The van der Waals surface area contributed by atoms with Crippen LogP contribution < -0.4 is 10.6 Å². The fourth-order valence-electron chi connectivity index (χ4n) is 3.45. The number of nitrogens with one attached hydrogen (secondary N) is 2. The smallest absolute Gasteiger partial charge is 0.251 e. The van der Waals surface area contributed by atoms with E-state index in [-0.39, 0.29) is 28.8 Å². The molecule has 0 saturated heterocycles. The molecule has 2 atom stereocenters. The van der Waals surface area contributed by atoms with E-state index in [2.05, 4.69) is 10.6 Å². The fourth-order valence-corrected chi connectivity index (χ4v) is 3.74. The summed E-state index contributed by atoms with van der Waals surface area (Å²) >= 11 is 12.0. The third-order valence-corrected chi connectivity index (χ3v) is 6.26. The van der Waals surface area contributed by atoms with E-state index in [1.165, 1.54) is 6.07 Å². The predicted octanol–water partition coefficient (Wildman–Crippen LogP) is 6.04. The third-order valence-electron chi connectivity index (χ3n) is 5.52. The van der Waals surface area contributed by atoms with Crippen molar-refractivity contribution in [2.75, 3.05) is 0 Å². The molecule has 0 spiro atoms. The van der Waals surface area contributed by atoms with Crippen LogP contribution >= 0.6 is 23.2 Å². The van der Waals surface area contributed by atoms with Crippen LogP contribution in [0.25, 0.3) is 0 Å². The molecule has 0 bridgehead atoms. The van der Waals surface area contributed by atoms with E-state index < -0.39 is 6.04 Å². The van der Waals surface area contributed by atoms with Gasteiger partial charge in [-0.2, -0.15) is 0 Å². The van der Waals surface area contributed by atoms with Gasteiger partial charge in [-0.05, 0) is 35.2 Å². The van der Waals surface area contributed by atoms with Gasteiger partial charge in [0.1, 0.15) is 6.04 Å². The average Bonchev–Trinajstić information content (AvgIpc) is 2.83. The normalized spacial score (nSPS) is 12.8. The van der Waals surface area contributed by atoms with Crippen molar-refractivity contribution < 1.29 is 9.59 Å². The maximum absolute atomic E-state index is 13.4. The molecule has 0 saturated carbocycles. The standard InChI is InChI=1S/C26H26Cl2N2O2/c1-3-17(2)23(29-25(31)20-14-15-21(27)22(28)16-20)26(32)30-24(18-10-6-4-7-11-18)19-12-8-5-9-13-19/h4-17,23-24H,3H2,1-2H3,(H,29,31)(H,30,32). The minimum absolute atomic E-state index is 0.0751. The lowest BCUT2D eigenvalue weighted by molar-refractivity contribution is -0.124. The van der Waals surface area contributed by atoms with Crippen molar-refractivity contribution in [3.05, 3.63) is 106 Å². The van der Waals surface area contributed by atoms with Crippen LogP contribution in [0, 0.1) is 5.92 Å². The van der Waals surface area contributed by atoms with Crippen molar-refractivity contribution in [3.63, 3.8) is 0 Å². The number of amides is 2. The van der Waals surface area contributed by atoms with Crippen LogP contribution in [0.1, 0.15) is 47.8 Å². The van der Waals surface area contributed by atoms with Gasteiger partial charge in [-0.3, -0.25) is 9.59 Å². The molecule has 6 heteroatoms. The fraction of sp³-hybridized carbons (Fsp3) is 0.231. The third kappa shape index (κ3) is 5.90. The zero-order valence-electron chi connectivity index (χ0n) is 18.0. The van der Waals surface area contributed by atoms with Gasteiger partial charge in [-0.1, -0.05) is 104 Å². The molecule has 4 nitrogen and oxygen atoms in total. The summed E-state index contributed by atoms with van der Waals surface area (Å²) in [4.78, 5) is 26.3. The molecule has 0 aromatic heterocycles. The van der Waals surface area contributed by atoms with E-state index in [1.54, 1.807) is 12.1 Å². The first-order valence-electron chi connectivity index (χ1n) is 10.6. The maximum atomic E-state index is 13.4. The van der Waals surface area contributed by atoms with Gasteiger partial charge in [0.15, 0.2) is 0 Å². The molecular formula is C26H26Cl2N2O2. The van der Waals surface area contributed by atoms with E-state index in [9.17, 15) is 9.59 Å². The SMILES string of the molecule is CCC(C)C(NC(=O)c1ccc(Cl)c(Cl)c1)C(=O)NC(c1ccccc1)c1ccccc1. The van der Waals surface area contributed by atoms with Crippen molar-refractivity contribution in [2.45, 2.75) is 32.4 Å². The van der Waals surface area contributed by atoms with Gasteiger partial charge in [0.05, 0.1) is 16.1 Å². The molecule has 2 N–H and O–H groups in total. The summed E-state index contributed by atoms with van der Waals surface area (Å²) in [5, 5.41) is 6.68. The predicted molar refractivity (Wildman–Crippen MR) is 130 cm³/mol. The van der Waals surface area contributed by atoms with Crippen LogP contribution in [-0.4, -0.2) is 17.9 Å². The van der Waals surface area contributed by atoms with Crippen LogP contribution in [-0.2, 0) is 4.79 Å². The van der Waals surface area contributed by atoms with Gasteiger partial charge in [-0.25, -0.2) is 0 Å². The van der Waals surface area contributed by atoms with E-state index >= 15 is 0 Å². The van der Waals surface area contributed by atoms with Crippen molar-refractivity contribution in [1.82, 2.24) is 10.6 Å². The molecule has 0 radical (unpaired) electrons. The Hall–Kier alpha value is -2.82. The molecule has 3 aromatic carbocycles. The number of rotatable bonds is 8. The zero-order valence-corrected chi connectivity index (χ0v) is 19.5. The monoisotopic (exact) mass is 468 g/mol. The highest BCUT2D eigenvalue weighted by Gasteiger charge is 2.29. The molecule has 0 heterocycles. The van der Waals surface area contributed by atoms with E-state index in [1.807, 2.05) is 74.5 Å². The minimum Gasteiger partial charge on any atom is -0.343 e. The molecular weight excluding hydrogens is 443 g/mol. The zero-order chi connectivity index (χ0) is 23.1. The topological polar surface area (TPSA) is 58.2 Å². The van der Waals surface area contributed by atoms with Crippen molar-refractivity contribution >= 4 is 35.0 Å². The van der Waals surface area contributed by atoms with E-state index in [0.29, 0.717) is 10.6 Å². The summed E-state index contributed by atoms with van der Waals surface area (Å²) in [5.41, 5.74) is 2.28. The Labute approximate surface area is 198 Å². The molecule has 32 heavy (non-hydrogen) atoms. The second kappa shape index (κ2) is 11.2. The van der Waals surface area contributed by atoms with Crippen LogP contribution in [0.5, 0.6) is 0 Å². The highest BCUT2D eigenvalue weighted by Crippen LogP contribution is 2.24. The quantitative estimate of drug-likeness (QED) is 0.422. The first-order chi connectivity index (χ1) is 15.4. The second-order valence-electron chi connectivity index (χ2n) is 7.73. The first-order valence-corrected chi connectivity index (χ1v) is 11.3. The van der Waals surface area contributed by atoms with Crippen molar-refractivity contribution in [3.8, 4) is 0 Å². The van der Waals surface area contributed by atoms with E-state index in [0.717, 1.165) is 17.5 Å². The number of hydrogen-bond donors (Lipinski definition) is 2. The summed E-state index contributed by atoms with van der Waals surface area (Å²) in [6.45, 7) is 3.93. The van der Waals surface area contributed by atoms with Gasteiger partial charge < -0.3 is 10.6 Å². The Morgan fingerprint density at radius 2 is 1.38 bits per heavy atom. The molecule has 2 amide bonds. The Balaban J connectivity index is 1.85. The minimum atomic E-state index is -0.711. The Kier molecular flexibility index (Phi) is 8.32. The molecule has 0 aliphatic heterocycles. The molecule has 166 valence electrons. The van der Waals surface area contributed by atoms with Crippen molar-refractivity contribution in [2.24, 2.45) is 5.92 Å². The van der Waals surface area contributed by atoms with Crippen LogP contribution in [0.3, 0.4) is 0 Å². The molecule has 3 rings (SSSR count). The van der Waals surface area contributed by atoms with Crippen LogP contribution in [0.15, 0.2) is 78.9 Å². The molecule has 0 fully saturated rings. The Bertz CT molecular complexity index is 1020. The lowest BCUT2D eigenvalue weighted by atomic mass is 9.95. The number of carbonyl (C=O) groups is 2. The average molecular weight is 469 g/mol. The van der Waals surface area contributed by atoms with Gasteiger partial charge in [0.2, 0.25) is 5.91 Å². The summed E-state index contributed by atoms with van der Waals surface area (Å²) < 4.78 is 0. The van der Waals surface area contributed by atoms with Crippen molar-refractivity contribution in [1.29, 1.82) is 0 Å². The van der Waals surface area contributed by atoms with Gasteiger partial charge >= 0.3 is 0 Å². The molecule has 2 unspecified atom stereocenters. The Morgan fingerprint density at radius 1 is 0.812 bits per heavy atom. The number of carbonyl (C=O) groups excluding carboxylic acids is 2. The van der Waals surface area contributed by atoms with E-state index in [4.69, 9.17) is 23.2 Å². The van der Waals surface area contributed by atoms with Crippen LogP contribution in [0.2, 0.25) is 10.0 Å². The summed E-state index contributed by atoms with van der Waals surface area (Å²) in [6, 6.07) is 23.2.